The molecule has 114 valence electrons. The van der Waals surface area contributed by atoms with Crippen LogP contribution in [0.4, 0.5) is 10.1 Å². The maximum atomic E-state index is 12.9. The predicted octanol–water partition coefficient (Wildman–Crippen LogP) is 3.15. The molecule has 0 radical (unpaired) electrons. The number of benzene rings is 2. The van der Waals surface area contributed by atoms with Crippen LogP contribution in [0.15, 0.2) is 59.1 Å². The lowest BCUT2D eigenvalue weighted by molar-refractivity contribution is -0.132. The predicted molar refractivity (Wildman–Crippen MR) is 81.5 cm³/mol. The standard InChI is InChI=1S/C17H10FNO4/c18-9-5-7-10(8-6-9)19-14-13(17(22)23)15(20)11-3-1-2-4-12(11)16(14)21/h1-8,20H,(H,22,23). The van der Waals surface area contributed by atoms with Crippen LogP contribution in [0.25, 0.3) is 5.76 Å². The normalized spacial score (nSPS) is 15.7. The van der Waals surface area contributed by atoms with Gasteiger partial charge in [0.25, 0.3) is 0 Å². The van der Waals surface area contributed by atoms with E-state index in [0.717, 1.165) is 12.1 Å². The Balaban J connectivity index is 2.24. The zero-order valence-corrected chi connectivity index (χ0v) is 11.7. The number of hydrogen-bond donors (Lipinski definition) is 2. The molecule has 2 aromatic rings. The summed E-state index contributed by atoms with van der Waals surface area (Å²) in [6.07, 6.45) is 0. The van der Waals surface area contributed by atoms with E-state index in [1.807, 2.05) is 0 Å². The van der Waals surface area contributed by atoms with E-state index < -0.39 is 28.9 Å². The van der Waals surface area contributed by atoms with Gasteiger partial charge in [0.05, 0.1) is 5.69 Å². The van der Waals surface area contributed by atoms with Crippen LogP contribution in [-0.2, 0) is 4.79 Å². The van der Waals surface area contributed by atoms with Crippen molar-refractivity contribution in [2.45, 2.75) is 0 Å². The Morgan fingerprint density at radius 1 is 1.00 bits per heavy atom. The van der Waals surface area contributed by atoms with E-state index in [-0.39, 0.29) is 22.5 Å². The van der Waals surface area contributed by atoms with Gasteiger partial charge in [0, 0.05) is 11.1 Å². The highest BCUT2D eigenvalue weighted by Gasteiger charge is 2.34. The van der Waals surface area contributed by atoms with Gasteiger partial charge in [-0.05, 0) is 24.3 Å². The Morgan fingerprint density at radius 2 is 1.61 bits per heavy atom. The van der Waals surface area contributed by atoms with Crippen LogP contribution >= 0.6 is 0 Å². The second-order valence-corrected chi connectivity index (χ2v) is 4.84. The third kappa shape index (κ3) is 2.50. The molecule has 0 fully saturated rings. The molecule has 0 bridgehead atoms. The van der Waals surface area contributed by atoms with Crippen molar-refractivity contribution >= 4 is 28.9 Å². The van der Waals surface area contributed by atoms with Crippen molar-refractivity contribution in [2.75, 3.05) is 0 Å². The molecule has 23 heavy (non-hydrogen) atoms. The minimum Gasteiger partial charge on any atom is -0.506 e. The van der Waals surface area contributed by atoms with Crippen LogP contribution in [-0.4, -0.2) is 27.7 Å². The number of carbonyl (C=O) groups is 2. The number of aliphatic imine (C=N–C) groups is 1. The second kappa shape index (κ2) is 5.49. The smallest absolute Gasteiger partial charge is 0.341 e. The summed E-state index contributed by atoms with van der Waals surface area (Å²) in [5, 5.41) is 19.5. The molecule has 0 atom stereocenters. The van der Waals surface area contributed by atoms with Crippen LogP contribution in [0.2, 0.25) is 0 Å². The number of hydrogen-bond acceptors (Lipinski definition) is 4. The van der Waals surface area contributed by atoms with Crippen LogP contribution in [0, 0.1) is 5.82 Å². The van der Waals surface area contributed by atoms with Crippen LogP contribution < -0.4 is 0 Å². The monoisotopic (exact) mass is 311 g/mol. The maximum Gasteiger partial charge on any atom is 0.341 e. The molecule has 0 heterocycles. The number of fused-ring (bicyclic) bond motifs is 1. The molecule has 0 saturated heterocycles. The Bertz CT molecular complexity index is 882. The zero-order chi connectivity index (χ0) is 16.6. The van der Waals surface area contributed by atoms with Gasteiger partial charge in [0.15, 0.2) is 0 Å². The summed E-state index contributed by atoms with van der Waals surface area (Å²) in [4.78, 5) is 28.0. The zero-order valence-electron chi connectivity index (χ0n) is 11.7. The lowest BCUT2D eigenvalue weighted by Crippen LogP contribution is -2.28. The molecule has 6 heteroatoms. The second-order valence-electron chi connectivity index (χ2n) is 4.84. The number of carbonyl (C=O) groups excluding carboxylic acids is 1. The number of rotatable bonds is 2. The average molecular weight is 311 g/mol. The average Bonchev–Trinajstić information content (AvgIpc) is 2.54. The molecule has 1 aliphatic rings. The quantitative estimate of drug-likeness (QED) is 0.892. The first-order chi connectivity index (χ1) is 11.0. The van der Waals surface area contributed by atoms with Crippen molar-refractivity contribution in [3.63, 3.8) is 0 Å². The van der Waals surface area contributed by atoms with E-state index >= 15 is 0 Å². The summed E-state index contributed by atoms with van der Waals surface area (Å²) in [5.74, 6) is -3.08. The first kappa shape index (κ1) is 14.6. The Hall–Kier alpha value is -3.28. The van der Waals surface area contributed by atoms with Gasteiger partial charge in [-0.3, -0.25) is 4.79 Å². The van der Waals surface area contributed by atoms with Gasteiger partial charge in [0.2, 0.25) is 5.78 Å². The number of aliphatic hydroxyl groups is 1. The first-order valence-corrected chi connectivity index (χ1v) is 6.64. The minimum absolute atomic E-state index is 0.146. The summed E-state index contributed by atoms with van der Waals surface area (Å²) in [5.41, 5.74) is -0.442. The lowest BCUT2D eigenvalue weighted by atomic mass is 9.87. The molecule has 5 nitrogen and oxygen atoms in total. The lowest BCUT2D eigenvalue weighted by Gasteiger charge is -2.18. The molecule has 0 aliphatic heterocycles. The SMILES string of the molecule is O=C(O)C1=C(O)c2ccccc2C(=O)C1=Nc1ccc(F)cc1. The van der Waals surface area contributed by atoms with Gasteiger partial charge in [-0.1, -0.05) is 24.3 Å². The molecular formula is C17H10FNO4. The molecule has 0 saturated carbocycles. The fourth-order valence-corrected chi connectivity index (χ4v) is 2.33. The van der Waals surface area contributed by atoms with Crippen LogP contribution in [0.1, 0.15) is 15.9 Å². The highest BCUT2D eigenvalue weighted by molar-refractivity contribution is 6.59. The summed E-state index contributed by atoms with van der Waals surface area (Å²) in [7, 11) is 0. The summed E-state index contributed by atoms with van der Waals surface area (Å²) < 4.78 is 12.9. The van der Waals surface area contributed by atoms with Gasteiger partial charge in [0.1, 0.15) is 22.9 Å². The van der Waals surface area contributed by atoms with E-state index in [9.17, 15) is 24.2 Å². The largest absolute Gasteiger partial charge is 0.506 e. The number of aliphatic hydroxyl groups excluding tert-OH is 1. The van der Waals surface area contributed by atoms with E-state index in [1.165, 1.54) is 24.3 Å². The molecule has 3 rings (SSSR count). The molecule has 0 spiro atoms. The Labute approximate surface area is 130 Å². The highest BCUT2D eigenvalue weighted by Crippen LogP contribution is 2.29. The molecule has 2 N–H and O–H groups in total. The van der Waals surface area contributed by atoms with Crippen molar-refractivity contribution < 1.29 is 24.2 Å². The minimum atomic E-state index is -1.47. The third-order valence-electron chi connectivity index (χ3n) is 3.40. The fraction of sp³-hybridized carbons (Fsp3) is 0. The molecule has 1 aliphatic carbocycles. The highest BCUT2D eigenvalue weighted by atomic mass is 19.1. The van der Waals surface area contributed by atoms with E-state index in [4.69, 9.17) is 0 Å². The number of aliphatic carboxylic acids is 1. The van der Waals surface area contributed by atoms with E-state index in [1.54, 1.807) is 12.1 Å². The van der Waals surface area contributed by atoms with Crippen molar-refractivity contribution in [2.24, 2.45) is 4.99 Å². The van der Waals surface area contributed by atoms with Gasteiger partial charge < -0.3 is 10.2 Å². The molecule has 0 unspecified atom stereocenters. The number of ketones is 1. The number of carboxylic acids is 1. The number of nitrogens with zero attached hydrogens (tertiary/aromatic N) is 1. The van der Waals surface area contributed by atoms with Gasteiger partial charge in [-0.2, -0.15) is 0 Å². The topological polar surface area (TPSA) is 87.0 Å². The number of Topliss-reactive ketones (excluding diaryl/α,β-unsaturated/α-hetero) is 1. The molecule has 2 aromatic carbocycles. The summed E-state index contributed by atoms with van der Waals surface area (Å²) in [6, 6.07) is 11.0. The van der Waals surface area contributed by atoms with Crippen LogP contribution in [0.3, 0.4) is 0 Å². The van der Waals surface area contributed by atoms with Gasteiger partial charge >= 0.3 is 5.97 Å². The third-order valence-corrected chi connectivity index (χ3v) is 3.40. The fourth-order valence-electron chi connectivity index (χ4n) is 2.33. The number of carboxylic acid groups (broad SMARTS) is 1. The van der Waals surface area contributed by atoms with Crippen LogP contribution in [0.5, 0.6) is 0 Å². The van der Waals surface area contributed by atoms with E-state index in [2.05, 4.69) is 4.99 Å². The van der Waals surface area contributed by atoms with Crippen molar-refractivity contribution in [1.82, 2.24) is 0 Å². The van der Waals surface area contributed by atoms with Crippen molar-refractivity contribution in [1.29, 1.82) is 0 Å². The van der Waals surface area contributed by atoms with Gasteiger partial charge in [-0.25, -0.2) is 14.2 Å². The maximum absolute atomic E-state index is 12.9. The molecule has 0 aromatic heterocycles. The first-order valence-electron chi connectivity index (χ1n) is 6.64. The Morgan fingerprint density at radius 3 is 2.22 bits per heavy atom. The molecular weight excluding hydrogens is 301 g/mol. The van der Waals surface area contributed by atoms with Crippen molar-refractivity contribution in [3.05, 3.63) is 71.0 Å². The summed E-state index contributed by atoms with van der Waals surface area (Å²) >= 11 is 0. The molecule has 0 amide bonds. The Kier molecular flexibility index (Phi) is 3.50. The number of halogens is 1. The van der Waals surface area contributed by atoms with E-state index in [0.29, 0.717) is 0 Å². The summed E-state index contributed by atoms with van der Waals surface area (Å²) in [6.45, 7) is 0. The van der Waals surface area contributed by atoms with Gasteiger partial charge in [-0.15, -0.1) is 0 Å². The van der Waals surface area contributed by atoms with Crippen molar-refractivity contribution in [3.8, 4) is 0 Å².